The molecule has 1 N–H and O–H groups in total. The highest BCUT2D eigenvalue weighted by atomic mass is 16.5. The number of imidazole rings is 1. The van der Waals surface area contributed by atoms with Crippen LogP contribution in [-0.2, 0) is 6.42 Å². The smallest absolute Gasteiger partial charge is 0.163 e. The van der Waals surface area contributed by atoms with Gasteiger partial charge in [0.05, 0.1) is 24.2 Å². The summed E-state index contributed by atoms with van der Waals surface area (Å²) in [6.07, 6.45) is 1.85. The number of hydrogen-bond acceptors (Lipinski definition) is 3. The standard InChI is InChI=1S/C15H20N2O2/c1-15(2,3)9-14-16-10-7-12-13(8-11(10)17-14)19-6-4-5-18-12/h7-8H,4-6,9H2,1-3H3,(H,16,17). The fourth-order valence-electron chi connectivity index (χ4n) is 2.31. The maximum atomic E-state index is 5.69. The molecule has 0 saturated heterocycles. The zero-order valence-electron chi connectivity index (χ0n) is 11.7. The Bertz CT molecular complexity index is 553. The Morgan fingerprint density at radius 2 is 1.84 bits per heavy atom. The second kappa shape index (κ2) is 4.44. The van der Waals surface area contributed by atoms with Crippen LogP contribution in [0, 0.1) is 5.41 Å². The van der Waals surface area contributed by atoms with Gasteiger partial charge in [-0.3, -0.25) is 0 Å². The average molecular weight is 260 g/mol. The molecular weight excluding hydrogens is 240 g/mol. The van der Waals surface area contributed by atoms with Crippen molar-refractivity contribution in [3.05, 3.63) is 18.0 Å². The van der Waals surface area contributed by atoms with Gasteiger partial charge in [0.1, 0.15) is 5.82 Å². The summed E-state index contributed by atoms with van der Waals surface area (Å²) in [4.78, 5) is 8.02. The first-order valence-electron chi connectivity index (χ1n) is 6.79. The summed E-state index contributed by atoms with van der Waals surface area (Å²) >= 11 is 0. The van der Waals surface area contributed by atoms with E-state index in [1.165, 1.54) is 0 Å². The van der Waals surface area contributed by atoms with E-state index in [1.54, 1.807) is 0 Å². The first kappa shape index (κ1) is 12.3. The van der Waals surface area contributed by atoms with Gasteiger partial charge in [-0.25, -0.2) is 4.98 Å². The lowest BCUT2D eigenvalue weighted by atomic mass is 9.92. The molecule has 19 heavy (non-hydrogen) atoms. The molecule has 0 unspecified atom stereocenters. The molecule has 3 rings (SSSR count). The van der Waals surface area contributed by atoms with Crippen molar-refractivity contribution < 1.29 is 9.47 Å². The number of nitrogens with zero attached hydrogens (tertiary/aromatic N) is 1. The summed E-state index contributed by atoms with van der Waals surface area (Å²) < 4.78 is 11.4. The van der Waals surface area contributed by atoms with Crippen LogP contribution >= 0.6 is 0 Å². The molecule has 0 saturated carbocycles. The Hall–Kier alpha value is -1.71. The van der Waals surface area contributed by atoms with Crippen LogP contribution in [0.3, 0.4) is 0 Å². The highest BCUT2D eigenvalue weighted by Gasteiger charge is 2.17. The minimum absolute atomic E-state index is 0.220. The number of rotatable bonds is 1. The van der Waals surface area contributed by atoms with Crippen LogP contribution in [0.15, 0.2) is 12.1 Å². The molecule has 0 aliphatic carbocycles. The number of nitrogens with one attached hydrogen (secondary N) is 1. The topological polar surface area (TPSA) is 47.1 Å². The molecule has 1 aromatic carbocycles. The first-order valence-corrected chi connectivity index (χ1v) is 6.79. The SMILES string of the molecule is CC(C)(C)Cc1nc2cc3c(cc2[nH]1)OCCCO3. The largest absolute Gasteiger partial charge is 0.489 e. The summed E-state index contributed by atoms with van der Waals surface area (Å²) in [7, 11) is 0. The van der Waals surface area contributed by atoms with Crippen LogP contribution in [-0.4, -0.2) is 23.2 Å². The van der Waals surface area contributed by atoms with Crippen molar-refractivity contribution >= 4 is 11.0 Å². The first-order chi connectivity index (χ1) is 9.01. The zero-order valence-corrected chi connectivity index (χ0v) is 11.7. The number of H-pyrrole nitrogens is 1. The highest BCUT2D eigenvalue weighted by molar-refractivity contribution is 5.79. The van der Waals surface area contributed by atoms with Gasteiger partial charge in [0.25, 0.3) is 0 Å². The van der Waals surface area contributed by atoms with Crippen molar-refractivity contribution in [1.82, 2.24) is 9.97 Å². The van der Waals surface area contributed by atoms with Crippen molar-refractivity contribution in [2.24, 2.45) is 5.41 Å². The molecule has 2 aromatic rings. The predicted molar refractivity (Wildman–Crippen MR) is 74.9 cm³/mol. The average Bonchev–Trinajstić information content (AvgIpc) is 2.53. The molecule has 0 atom stereocenters. The fourth-order valence-corrected chi connectivity index (χ4v) is 2.31. The molecule has 1 aliphatic heterocycles. The number of aromatic amines is 1. The van der Waals surface area contributed by atoms with Gasteiger partial charge in [-0.05, 0) is 5.41 Å². The van der Waals surface area contributed by atoms with Crippen LogP contribution in [0.2, 0.25) is 0 Å². The van der Waals surface area contributed by atoms with Gasteiger partial charge in [-0.2, -0.15) is 0 Å². The van der Waals surface area contributed by atoms with E-state index >= 15 is 0 Å². The van der Waals surface area contributed by atoms with Crippen molar-refractivity contribution in [2.45, 2.75) is 33.6 Å². The minimum Gasteiger partial charge on any atom is -0.489 e. The number of aromatic nitrogens is 2. The van der Waals surface area contributed by atoms with E-state index in [9.17, 15) is 0 Å². The number of fused-ring (bicyclic) bond motifs is 2. The molecule has 102 valence electrons. The van der Waals surface area contributed by atoms with Crippen LogP contribution in [0.1, 0.15) is 33.0 Å². The quantitative estimate of drug-likeness (QED) is 0.855. The molecule has 0 fully saturated rings. The Morgan fingerprint density at radius 1 is 1.16 bits per heavy atom. The lowest BCUT2D eigenvalue weighted by molar-refractivity contribution is 0.297. The third kappa shape index (κ3) is 2.67. The van der Waals surface area contributed by atoms with Gasteiger partial charge in [0.2, 0.25) is 0 Å². The van der Waals surface area contributed by atoms with Crippen LogP contribution in [0.25, 0.3) is 11.0 Å². The summed E-state index contributed by atoms with van der Waals surface area (Å²) in [6, 6.07) is 3.97. The molecule has 0 spiro atoms. The van der Waals surface area contributed by atoms with Gasteiger partial charge in [0.15, 0.2) is 11.5 Å². The van der Waals surface area contributed by atoms with E-state index in [-0.39, 0.29) is 5.41 Å². The van der Waals surface area contributed by atoms with E-state index in [0.29, 0.717) is 13.2 Å². The lowest BCUT2D eigenvalue weighted by Crippen LogP contribution is -2.10. The molecular formula is C15H20N2O2. The molecule has 4 heteroatoms. The van der Waals surface area contributed by atoms with Crippen LogP contribution < -0.4 is 9.47 Å². The monoisotopic (exact) mass is 260 g/mol. The van der Waals surface area contributed by atoms with E-state index < -0.39 is 0 Å². The van der Waals surface area contributed by atoms with Crippen molar-refractivity contribution in [2.75, 3.05) is 13.2 Å². The Kier molecular flexibility index (Phi) is 2.88. The van der Waals surface area contributed by atoms with Crippen molar-refractivity contribution in [3.8, 4) is 11.5 Å². The van der Waals surface area contributed by atoms with Crippen molar-refractivity contribution in [1.29, 1.82) is 0 Å². The molecule has 1 aliphatic rings. The van der Waals surface area contributed by atoms with Gasteiger partial charge in [0, 0.05) is 25.0 Å². The van der Waals surface area contributed by atoms with E-state index in [0.717, 1.165) is 41.2 Å². The summed E-state index contributed by atoms with van der Waals surface area (Å²) in [5.74, 6) is 2.64. The van der Waals surface area contributed by atoms with Gasteiger partial charge in [-0.1, -0.05) is 20.8 Å². The number of benzene rings is 1. The van der Waals surface area contributed by atoms with E-state index in [1.807, 2.05) is 12.1 Å². The maximum Gasteiger partial charge on any atom is 0.163 e. The Morgan fingerprint density at radius 3 is 2.53 bits per heavy atom. The minimum atomic E-state index is 0.220. The lowest BCUT2D eigenvalue weighted by Gasteiger charge is -2.15. The van der Waals surface area contributed by atoms with Crippen LogP contribution in [0.5, 0.6) is 11.5 Å². The van der Waals surface area contributed by atoms with Crippen LogP contribution in [0.4, 0.5) is 0 Å². The Balaban J connectivity index is 1.99. The van der Waals surface area contributed by atoms with Gasteiger partial charge < -0.3 is 14.5 Å². The Labute approximate surface area is 113 Å². The second-order valence-electron chi connectivity index (χ2n) is 6.29. The predicted octanol–water partition coefficient (Wildman–Crippen LogP) is 3.31. The molecule has 0 bridgehead atoms. The normalized spacial score (nSPS) is 15.5. The second-order valence-corrected chi connectivity index (χ2v) is 6.29. The zero-order chi connectivity index (χ0) is 13.5. The summed E-state index contributed by atoms with van der Waals surface area (Å²) in [6.45, 7) is 8.05. The molecule has 4 nitrogen and oxygen atoms in total. The number of ether oxygens (including phenoxy) is 2. The fraction of sp³-hybridized carbons (Fsp3) is 0.533. The maximum absolute atomic E-state index is 5.69. The third-order valence-corrected chi connectivity index (χ3v) is 3.10. The molecule has 1 aromatic heterocycles. The van der Waals surface area contributed by atoms with E-state index in [4.69, 9.17) is 9.47 Å². The highest BCUT2D eigenvalue weighted by Crippen LogP contribution is 2.33. The third-order valence-electron chi connectivity index (χ3n) is 3.10. The van der Waals surface area contributed by atoms with E-state index in [2.05, 4.69) is 30.7 Å². The van der Waals surface area contributed by atoms with Crippen molar-refractivity contribution in [3.63, 3.8) is 0 Å². The molecule has 0 radical (unpaired) electrons. The number of hydrogen-bond donors (Lipinski definition) is 1. The van der Waals surface area contributed by atoms with Gasteiger partial charge in [-0.15, -0.1) is 0 Å². The molecule has 0 amide bonds. The summed E-state index contributed by atoms with van der Waals surface area (Å²) in [5.41, 5.74) is 2.19. The summed E-state index contributed by atoms with van der Waals surface area (Å²) in [5, 5.41) is 0. The molecule has 2 heterocycles. The van der Waals surface area contributed by atoms with Gasteiger partial charge >= 0.3 is 0 Å².